The molecule has 0 aliphatic rings. The van der Waals surface area contributed by atoms with Crippen molar-refractivity contribution < 1.29 is 19.1 Å². The van der Waals surface area contributed by atoms with Crippen LogP contribution in [0.15, 0.2) is 53.5 Å². The van der Waals surface area contributed by atoms with E-state index in [0.717, 1.165) is 16.1 Å². The lowest BCUT2D eigenvalue weighted by Gasteiger charge is -2.09. The van der Waals surface area contributed by atoms with Crippen LogP contribution < -0.4 is 14.9 Å². The van der Waals surface area contributed by atoms with Crippen molar-refractivity contribution >= 4 is 23.2 Å². The van der Waals surface area contributed by atoms with Gasteiger partial charge in [0.2, 0.25) is 0 Å². The molecule has 168 valence electrons. The van der Waals surface area contributed by atoms with Crippen LogP contribution in [0.2, 0.25) is 0 Å². The standard InChI is InChI=1S/C24H27N3O4S/c1-16-17(2)32-24(26-23(29)20-6-5-7-21(14-20)31-4)27(16)15-18-8-10-19(11-9-18)22(28)25-12-13-30-3/h5-11,14H,12-13,15H2,1-4H3,(H,25,28). The highest BCUT2D eigenvalue weighted by atomic mass is 32.1. The Labute approximate surface area is 191 Å². The maximum absolute atomic E-state index is 12.8. The maximum atomic E-state index is 12.8. The predicted octanol–water partition coefficient (Wildman–Crippen LogP) is 3.34. The Hall–Kier alpha value is -3.23. The van der Waals surface area contributed by atoms with Gasteiger partial charge in [0.1, 0.15) is 5.75 Å². The van der Waals surface area contributed by atoms with Crippen LogP contribution in [0.1, 0.15) is 36.9 Å². The van der Waals surface area contributed by atoms with E-state index in [1.165, 1.54) is 11.3 Å². The van der Waals surface area contributed by atoms with E-state index >= 15 is 0 Å². The van der Waals surface area contributed by atoms with Crippen LogP contribution in [0.5, 0.6) is 5.75 Å². The number of thiazole rings is 1. The summed E-state index contributed by atoms with van der Waals surface area (Å²) in [6, 6.07) is 14.4. The third-order valence-corrected chi connectivity index (χ3v) is 6.15. The molecule has 2 aromatic carbocycles. The summed E-state index contributed by atoms with van der Waals surface area (Å²) in [7, 11) is 3.16. The normalized spacial score (nSPS) is 11.4. The van der Waals surface area contributed by atoms with Crippen molar-refractivity contribution in [2.75, 3.05) is 27.4 Å². The summed E-state index contributed by atoms with van der Waals surface area (Å²) in [5.41, 5.74) is 3.12. The molecule has 0 atom stereocenters. The van der Waals surface area contributed by atoms with Gasteiger partial charge in [-0.1, -0.05) is 18.2 Å². The zero-order valence-electron chi connectivity index (χ0n) is 18.7. The first-order valence-electron chi connectivity index (χ1n) is 10.2. The van der Waals surface area contributed by atoms with Gasteiger partial charge in [-0.15, -0.1) is 11.3 Å². The zero-order chi connectivity index (χ0) is 23.1. The van der Waals surface area contributed by atoms with Crippen molar-refractivity contribution in [3.8, 4) is 5.75 Å². The van der Waals surface area contributed by atoms with Crippen LogP contribution in [-0.2, 0) is 11.3 Å². The molecule has 0 bridgehead atoms. The molecule has 2 amide bonds. The quantitative estimate of drug-likeness (QED) is 0.531. The highest BCUT2D eigenvalue weighted by molar-refractivity contribution is 7.09. The summed E-state index contributed by atoms with van der Waals surface area (Å²) in [6.45, 7) is 5.51. The SMILES string of the molecule is COCCNC(=O)c1ccc(Cn2c(C)c(C)sc2=NC(=O)c2cccc(OC)c2)cc1. The lowest BCUT2D eigenvalue weighted by molar-refractivity contribution is 0.0936. The molecule has 1 aromatic heterocycles. The first-order valence-corrected chi connectivity index (χ1v) is 11.0. The number of ether oxygens (including phenoxy) is 2. The van der Waals surface area contributed by atoms with Crippen molar-refractivity contribution in [2.24, 2.45) is 4.99 Å². The summed E-state index contributed by atoms with van der Waals surface area (Å²) in [5, 5.41) is 2.81. The Morgan fingerprint density at radius 3 is 2.50 bits per heavy atom. The van der Waals surface area contributed by atoms with Gasteiger partial charge >= 0.3 is 0 Å². The third-order valence-electron chi connectivity index (χ3n) is 5.05. The Morgan fingerprint density at radius 2 is 1.81 bits per heavy atom. The Bertz CT molecular complexity index is 1160. The monoisotopic (exact) mass is 453 g/mol. The van der Waals surface area contributed by atoms with Crippen molar-refractivity contribution in [1.29, 1.82) is 0 Å². The number of nitrogens with zero attached hydrogens (tertiary/aromatic N) is 2. The van der Waals surface area contributed by atoms with E-state index in [4.69, 9.17) is 9.47 Å². The molecule has 32 heavy (non-hydrogen) atoms. The average molecular weight is 454 g/mol. The number of hydrogen-bond acceptors (Lipinski definition) is 5. The molecule has 3 rings (SSSR count). The van der Waals surface area contributed by atoms with Gasteiger partial charge in [0.15, 0.2) is 4.80 Å². The minimum absolute atomic E-state index is 0.136. The second-order valence-corrected chi connectivity index (χ2v) is 8.39. The molecule has 0 saturated carbocycles. The number of aryl methyl sites for hydroxylation is 1. The van der Waals surface area contributed by atoms with E-state index in [1.807, 2.05) is 30.5 Å². The number of carbonyl (C=O) groups is 2. The van der Waals surface area contributed by atoms with E-state index in [0.29, 0.717) is 41.4 Å². The van der Waals surface area contributed by atoms with Gasteiger partial charge in [0.05, 0.1) is 20.3 Å². The molecular formula is C24H27N3O4S. The topological polar surface area (TPSA) is 81.9 Å². The van der Waals surface area contributed by atoms with Crippen LogP contribution in [0, 0.1) is 13.8 Å². The lowest BCUT2D eigenvalue weighted by atomic mass is 10.1. The molecule has 1 heterocycles. The molecule has 0 unspecified atom stereocenters. The Balaban J connectivity index is 1.82. The van der Waals surface area contributed by atoms with E-state index in [1.54, 1.807) is 50.6 Å². The van der Waals surface area contributed by atoms with E-state index in [9.17, 15) is 9.59 Å². The van der Waals surface area contributed by atoms with Crippen LogP contribution in [-0.4, -0.2) is 43.8 Å². The molecule has 0 saturated heterocycles. The maximum Gasteiger partial charge on any atom is 0.279 e. The number of carbonyl (C=O) groups excluding carboxylic acids is 2. The lowest BCUT2D eigenvalue weighted by Crippen LogP contribution is -2.26. The van der Waals surface area contributed by atoms with Crippen LogP contribution in [0.4, 0.5) is 0 Å². The number of hydrogen-bond donors (Lipinski definition) is 1. The van der Waals surface area contributed by atoms with Gasteiger partial charge < -0.3 is 19.4 Å². The third kappa shape index (κ3) is 5.72. The second-order valence-electron chi connectivity index (χ2n) is 7.21. The van der Waals surface area contributed by atoms with Gasteiger partial charge in [-0.3, -0.25) is 9.59 Å². The van der Waals surface area contributed by atoms with Crippen LogP contribution in [0.3, 0.4) is 0 Å². The molecule has 3 aromatic rings. The minimum Gasteiger partial charge on any atom is -0.497 e. The second kappa shape index (κ2) is 10.9. The largest absolute Gasteiger partial charge is 0.497 e. The van der Waals surface area contributed by atoms with Gasteiger partial charge in [-0.25, -0.2) is 0 Å². The van der Waals surface area contributed by atoms with Gasteiger partial charge in [0, 0.05) is 35.4 Å². The predicted molar refractivity (Wildman–Crippen MR) is 124 cm³/mol. The van der Waals surface area contributed by atoms with Crippen LogP contribution >= 0.6 is 11.3 Å². The summed E-state index contributed by atoms with van der Waals surface area (Å²) >= 11 is 1.48. The van der Waals surface area contributed by atoms with Crippen molar-refractivity contribution in [1.82, 2.24) is 9.88 Å². The summed E-state index contributed by atoms with van der Waals surface area (Å²) in [5.74, 6) is 0.161. The van der Waals surface area contributed by atoms with Gasteiger partial charge in [-0.05, 0) is 49.7 Å². The number of benzene rings is 2. The summed E-state index contributed by atoms with van der Waals surface area (Å²) in [6.07, 6.45) is 0. The molecule has 0 fully saturated rings. The first-order chi connectivity index (χ1) is 15.4. The number of methoxy groups -OCH3 is 2. The van der Waals surface area contributed by atoms with Gasteiger partial charge in [0.25, 0.3) is 11.8 Å². The fourth-order valence-electron chi connectivity index (χ4n) is 3.09. The molecule has 0 spiro atoms. The summed E-state index contributed by atoms with van der Waals surface area (Å²) < 4.78 is 12.2. The molecule has 0 aliphatic carbocycles. The highest BCUT2D eigenvalue weighted by Gasteiger charge is 2.11. The Kier molecular flexibility index (Phi) is 7.97. The number of rotatable bonds is 8. The van der Waals surface area contributed by atoms with Gasteiger partial charge in [-0.2, -0.15) is 4.99 Å². The number of amides is 2. The van der Waals surface area contributed by atoms with E-state index < -0.39 is 0 Å². The molecule has 0 radical (unpaired) electrons. The molecule has 8 heteroatoms. The molecule has 1 N–H and O–H groups in total. The number of nitrogens with one attached hydrogen (secondary N) is 1. The molecule has 0 aliphatic heterocycles. The zero-order valence-corrected chi connectivity index (χ0v) is 19.5. The smallest absolute Gasteiger partial charge is 0.279 e. The highest BCUT2D eigenvalue weighted by Crippen LogP contribution is 2.15. The fraction of sp³-hybridized carbons (Fsp3) is 0.292. The first kappa shape index (κ1) is 23.4. The minimum atomic E-state index is -0.318. The van der Waals surface area contributed by atoms with E-state index in [2.05, 4.69) is 10.3 Å². The number of aromatic nitrogens is 1. The van der Waals surface area contributed by atoms with Crippen molar-refractivity contribution in [3.63, 3.8) is 0 Å². The average Bonchev–Trinajstić information content (AvgIpc) is 3.07. The van der Waals surface area contributed by atoms with Crippen LogP contribution in [0.25, 0.3) is 0 Å². The summed E-state index contributed by atoms with van der Waals surface area (Å²) in [4.78, 5) is 31.0. The van der Waals surface area contributed by atoms with Crippen molar-refractivity contribution in [2.45, 2.75) is 20.4 Å². The molecule has 7 nitrogen and oxygen atoms in total. The van der Waals surface area contributed by atoms with E-state index in [-0.39, 0.29) is 11.8 Å². The molecular weight excluding hydrogens is 426 g/mol. The fourth-order valence-corrected chi connectivity index (χ4v) is 4.06. The van der Waals surface area contributed by atoms with Crippen molar-refractivity contribution in [3.05, 3.63) is 80.6 Å². The Morgan fingerprint density at radius 1 is 1.06 bits per heavy atom.